The first-order chi connectivity index (χ1) is 12.1. The van der Waals surface area contributed by atoms with Crippen LogP contribution >= 0.6 is 15.9 Å². The summed E-state index contributed by atoms with van der Waals surface area (Å²) in [5, 5.41) is 18.8. The molecule has 0 aliphatic rings. The number of alkyl halides is 1. The second-order valence-electron chi connectivity index (χ2n) is 5.49. The van der Waals surface area contributed by atoms with E-state index >= 15 is 0 Å². The number of benzene rings is 2. The number of azo groups is 1. The van der Waals surface area contributed by atoms with Gasteiger partial charge in [0.2, 0.25) is 0 Å². The summed E-state index contributed by atoms with van der Waals surface area (Å²) in [6.07, 6.45) is 4.49. The molecule has 2 aromatic carbocycles. The second kappa shape index (κ2) is 9.88. The largest absolute Gasteiger partial charge is 0.479 e. The Morgan fingerprint density at radius 2 is 1.60 bits per heavy atom. The molecule has 0 spiro atoms. The molecule has 2 aromatic rings. The van der Waals surface area contributed by atoms with Crippen LogP contribution < -0.4 is 4.74 Å². The zero-order valence-corrected chi connectivity index (χ0v) is 15.6. The Hall–Kier alpha value is -2.28. The van der Waals surface area contributed by atoms with Gasteiger partial charge in [0.05, 0.1) is 16.3 Å². The first-order valence-electron chi connectivity index (χ1n) is 8.15. The number of nitro benzene ring substituents is 1. The minimum absolute atomic E-state index is 0.00614. The molecular weight excluding hydrogens is 386 g/mol. The predicted molar refractivity (Wildman–Crippen MR) is 101 cm³/mol. The summed E-state index contributed by atoms with van der Waals surface area (Å²) in [5.74, 6) is 0.771. The van der Waals surface area contributed by atoms with Gasteiger partial charge in [0.15, 0.2) is 5.01 Å². The Bertz CT molecular complexity index is 703. The molecule has 0 aliphatic heterocycles. The van der Waals surface area contributed by atoms with E-state index in [1.54, 1.807) is 12.1 Å². The standard InChI is InChI=1S/C18H20BrN3O3/c1-2-3-4-5-18(19)25-17-12-8-15(9-13-17)21-20-14-6-10-16(11-7-14)22(23)24/h6-13,18H,2-5H2,1H3. The second-order valence-corrected chi connectivity index (χ2v) is 6.51. The van der Waals surface area contributed by atoms with Gasteiger partial charge in [0, 0.05) is 12.1 Å². The molecule has 7 heteroatoms. The number of hydrogen-bond acceptors (Lipinski definition) is 5. The lowest BCUT2D eigenvalue weighted by Gasteiger charge is -2.12. The number of non-ortho nitro benzene ring substituents is 1. The molecule has 0 N–H and O–H groups in total. The highest BCUT2D eigenvalue weighted by atomic mass is 79.9. The van der Waals surface area contributed by atoms with Crippen molar-refractivity contribution in [1.29, 1.82) is 0 Å². The number of nitrogens with zero attached hydrogens (tertiary/aromatic N) is 3. The summed E-state index contributed by atoms with van der Waals surface area (Å²) in [6.45, 7) is 2.17. The van der Waals surface area contributed by atoms with Crippen molar-refractivity contribution >= 4 is 33.0 Å². The van der Waals surface area contributed by atoms with Gasteiger partial charge in [-0.15, -0.1) is 0 Å². The van der Waals surface area contributed by atoms with Crippen molar-refractivity contribution in [2.75, 3.05) is 0 Å². The van der Waals surface area contributed by atoms with Crippen molar-refractivity contribution in [2.24, 2.45) is 10.2 Å². The van der Waals surface area contributed by atoms with E-state index in [0.29, 0.717) is 11.4 Å². The molecule has 1 unspecified atom stereocenters. The monoisotopic (exact) mass is 405 g/mol. The van der Waals surface area contributed by atoms with Gasteiger partial charge in [-0.3, -0.25) is 10.1 Å². The van der Waals surface area contributed by atoms with Crippen LogP contribution in [-0.4, -0.2) is 9.94 Å². The third-order valence-corrected chi connectivity index (χ3v) is 4.12. The third-order valence-electron chi connectivity index (χ3n) is 3.48. The highest BCUT2D eigenvalue weighted by molar-refractivity contribution is 9.09. The Morgan fingerprint density at radius 3 is 2.12 bits per heavy atom. The van der Waals surface area contributed by atoms with Crippen molar-refractivity contribution < 1.29 is 9.66 Å². The van der Waals surface area contributed by atoms with Crippen LogP contribution in [0.2, 0.25) is 0 Å². The molecule has 132 valence electrons. The van der Waals surface area contributed by atoms with Crippen LogP contribution in [0, 0.1) is 10.1 Å². The molecule has 0 fully saturated rings. The van der Waals surface area contributed by atoms with Gasteiger partial charge in [-0.2, -0.15) is 10.2 Å². The van der Waals surface area contributed by atoms with Gasteiger partial charge in [-0.05, 0) is 65.2 Å². The molecule has 0 amide bonds. The zero-order chi connectivity index (χ0) is 18.1. The van der Waals surface area contributed by atoms with E-state index in [1.165, 1.54) is 25.0 Å². The van der Waals surface area contributed by atoms with Crippen molar-refractivity contribution in [1.82, 2.24) is 0 Å². The van der Waals surface area contributed by atoms with Crippen molar-refractivity contribution in [3.05, 3.63) is 58.6 Å². The summed E-state index contributed by atoms with van der Waals surface area (Å²) < 4.78 is 5.79. The Kier molecular flexibility index (Phi) is 7.53. The van der Waals surface area contributed by atoms with Gasteiger partial charge in [0.25, 0.3) is 5.69 Å². The number of nitro groups is 1. The summed E-state index contributed by atoms with van der Waals surface area (Å²) >= 11 is 3.53. The van der Waals surface area contributed by atoms with E-state index in [1.807, 2.05) is 24.3 Å². The van der Waals surface area contributed by atoms with Crippen LogP contribution in [0.3, 0.4) is 0 Å². The van der Waals surface area contributed by atoms with E-state index in [0.717, 1.165) is 18.6 Å². The van der Waals surface area contributed by atoms with Gasteiger partial charge >= 0.3 is 0 Å². The molecule has 6 nitrogen and oxygen atoms in total. The summed E-state index contributed by atoms with van der Waals surface area (Å²) in [5.41, 5.74) is 1.27. The lowest BCUT2D eigenvalue weighted by Crippen LogP contribution is -2.07. The van der Waals surface area contributed by atoms with Gasteiger partial charge in [-0.1, -0.05) is 19.8 Å². The Labute approximate surface area is 155 Å². The fourth-order valence-corrected chi connectivity index (χ4v) is 2.65. The van der Waals surface area contributed by atoms with Crippen LogP contribution in [-0.2, 0) is 0 Å². The molecule has 0 saturated heterocycles. The molecule has 0 heterocycles. The van der Waals surface area contributed by atoms with E-state index in [9.17, 15) is 10.1 Å². The maximum Gasteiger partial charge on any atom is 0.269 e. The molecule has 1 atom stereocenters. The number of rotatable bonds is 9. The van der Waals surface area contributed by atoms with E-state index in [2.05, 4.69) is 33.1 Å². The third kappa shape index (κ3) is 6.62. The van der Waals surface area contributed by atoms with Crippen molar-refractivity contribution in [2.45, 2.75) is 37.6 Å². The normalized spacial score (nSPS) is 12.2. The SMILES string of the molecule is CCCCCC(Br)Oc1ccc(N=Nc2ccc([N+](=O)[O-])cc2)cc1. The molecule has 0 radical (unpaired) electrons. The van der Waals surface area contributed by atoms with Crippen molar-refractivity contribution in [3.8, 4) is 5.75 Å². The molecule has 0 saturated carbocycles. The molecule has 2 rings (SSSR count). The molecule has 25 heavy (non-hydrogen) atoms. The van der Waals surface area contributed by atoms with Gasteiger partial charge < -0.3 is 4.74 Å². The summed E-state index contributed by atoms with van der Waals surface area (Å²) in [4.78, 5) is 10.2. The minimum atomic E-state index is -0.445. The molecule has 0 aliphatic carbocycles. The maximum atomic E-state index is 10.6. The van der Waals surface area contributed by atoms with Crippen LogP contribution in [0.5, 0.6) is 5.75 Å². The van der Waals surface area contributed by atoms with E-state index in [-0.39, 0.29) is 10.7 Å². The van der Waals surface area contributed by atoms with Crippen LogP contribution in [0.1, 0.15) is 32.6 Å². The predicted octanol–water partition coefficient (Wildman–Crippen LogP) is 6.69. The maximum absolute atomic E-state index is 10.6. The average Bonchev–Trinajstić information content (AvgIpc) is 2.62. The lowest BCUT2D eigenvalue weighted by molar-refractivity contribution is -0.384. The Morgan fingerprint density at radius 1 is 1.04 bits per heavy atom. The fourth-order valence-electron chi connectivity index (χ4n) is 2.11. The Balaban J connectivity index is 1.90. The quantitative estimate of drug-likeness (QED) is 0.153. The van der Waals surface area contributed by atoms with Crippen LogP contribution in [0.15, 0.2) is 58.8 Å². The summed E-state index contributed by atoms with van der Waals surface area (Å²) in [6, 6.07) is 13.2. The van der Waals surface area contributed by atoms with E-state index < -0.39 is 4.92 Å². The highest BCUT2D eigenvalue weighted by Crippen LogP contribution is 2.24. The molecule has 0 bridgehead atoms. The average molecular weight is 406 g/mol. The number of ether oxygens (including phenoxy) is 1. The first-order valence-corrected chi connectivity index (χ1v) is 9.07. The van der Waals surface area contributed by atoms with Crippen LogP contribution in [0.4, 0.5) is 17.1 Å². The topological polar surface area (TPSA) is 77.1 Å². The molecular formula is C18H20BrN3O3. The number of hydrogen-bond donors (Lipinski definition) is 0. The van der Waals surface area contributed by atoms with Gasteiger partial charge in [0.1, 0.15) is 5.75 Å². The number of unbranched alkanes of at least 4 members (excludes halogenated alkanes) is 2. The number of halogens is 1. The zero-order valence-electron chi connectivity index (χ0n) is 14.0. The highest BCUT2D eigenvalue weighted by Gasteiger charge is 2.06. The minimum Gasteiger partial charge on any atom is -0.479 e. The van der Waals surface area contributed by atoms with Gasteiger partial charge in [-0.25, -0.2) is 0 Å². The fraction of sp³-hybridized carbons (Fsp3) is 0.333. The van der Waals surface area contributed by atoms with E-state index in [4.69, 9.17) is 4.74 Å². The van der Waals surface area contributed by atoms with Crippen molar-refractivity contribution in [3.63, 3.8) is 0 Å². The molecule has 0 aromatic heterocycles. The lowest BCUT2D eigenvalue weighted by atomic mass is 10.2. The summed E-state index contributed by atoms with van der Waals surface area (Å²) in [7, 11) is 0. The first kappa shape index (κ1) is 19.1. The van der Waals surface area contributed by atoms with Crippen LogP contribution in [0.25, 0.3) is 0 Å². The smallest absolute Gasteiger partial charge is 0.269 e.